The first kappa shape index (κ1) is 13.6. The molecule has 3 N–H and O–H groups in total. The van der Waals surface area contributed by atoms with Crippen LogP contribution in [0.3, 0.4) is 0 Å². The molecule has 4 heteroatoms. The van der Waals surface area contributed by atoms with Crippen molar-refractivity contribution in [3.05, 3.63) is 35.4 Å². The molecule has 0 bridgehead atoms. The summed E-state index contributed by atoms with van der Waals surface area (Å²) in [5.74, 6) is 0.534. The van der Waals surface area contributed by atoms with Gasteiger partial charge in [0.2, 0.25) is 5.91 Å². The normalized spacial score (nSPS) is 17.3. The quantitative estimate of drug-likeness (QED) is 0.845. The minimum Gasteiger partial charge on any atom is -0.350 e. The van der Waals surface area contributed by atoms with Crippen molar-refractivity contribution in [3.63, 3.8) is 0 Å². The molecule has 100 valence electrons. The minimum atomic E-state index is -0.0633. The number of nitrogens with two attached hydrogens (primary N) is 1. The lowest BCUT2D eigenvalue weighted by atomic mass is 10.1. The Morgan fingerprint density at radius 3 is 2.63 bits per heavy atom. The van der Waals surface area contributed by atoms with Crippen molar-refractivity contribution in [2.75, 3.05) is 0 Å². The van der Waals surface area contributed by atoms with Crippen LogP contribution >= 0.6 is 0 Å². The van der Waals surface area contributed by atoms with E-state index < -0.39 is 0 Å². The maximum Gasteiger partial charge on any atom is 0.222 e. The summed E-state index contributed by atoms with van der Waals surface area (Å²) in [7, 11) is 0. The van der Waals surface area contributed by atoms with Crippen LogP contribution < -0.4 is 11.1 Å². The second-order valence-corrected chi connectivity index (χ2v) is 5.23. The average molecular weight is 257 g/mol. The van der Waals surface area contributed by atoms with Crippen molar-refractivity contribution in [1.82, 2.24) is 5.32 Å². The third kappa shape index (κ3) is 3.80. The zero-order valence-corrected chi connectivity index (χ0v) is 11.1. The SMILES string of the molecule is CC(NC(=O)CC(N)C1CC1)c1ccc(C#N)cc1. The van der Waals surface area contributed by atoms with Gasteiger partial charge in [0, 0.05) is 12.5 Å². The van der Waals surface area contributed by atoms with Gasteiger partial charge in [-0.1, -0.05) is 12.1 Å². The molecule has 1 aliphatic carbocycles. The van der Waals surface area contributed by atoms with Gasteiger partial charge in [-0.05, 0) is 43.4 Å². The van der Waals surface area contributed by atoms with Crippen LogP contribution in [-0.2, 0) is 4.79 Å². The van der Waals surface area contributed by atoms with E-state index in [-0.39, 0.29) is 18.0 Å². The molecule has 19 heavy (non-hydrogen) atoms. The fraction of sp³-hybridized carbons (Fsp3) is 0.467. The summed E-state index contributed by atoms with van der Waals surface area (Å²) in [4.78, 5) is 11.8. The van der Waals surface area contributed by atoms with Crippen molar-refractivity contribution in [1.29, 1.82) is 5.26 Å². The van der Waals surface area contributed by atoms with E-state index in [2.05, 4.69) is 11.4 Å². The van der Waals surface area contributed by atoms with E-state index in [0.29, 0.717) is 17.9 Å². The smallest absolute Gasteiger partial charge is 0.222 e. The summed E-state index contributed by atoms with van der Waals surface area (Å²) in [5.41, 5.74) is 7.55. The summed E-state index contributed by atoms with van der Waals surface area (Å²) in [6.45, 7) is 1.93. The fourth-order valence-electron chi connectivity index (χ4n) is 2.14. The summed E-state index contributed by atoms with van der Waals surface area (Å²) < 4.78 is 0. The number of nitrogens with one attached hydrogen (secondary N) is 1. The maximum absolute atomic E-state index is 11.8. The Hall–Kier alpha value is -1.86. The largest absolute Gasteiger partial charge is 0.350 e. The van der Waals surface area contributed by atoms with Gasteiger partial charge in [-0.3, -0.25) is 4.79 Å². The van der Waals surface area contributed by atoms with Crippen LogP contribution in [-0.4, -0.2) is 11.9 Å². The van der Waals surface area contributed by atoms with Crippen LogP contribution in [0.4, 0.5) is 0 Å². The molecule has 2 unspecified atom stereocenters. The average Bonchev–Trinajstić information content (AvgIpc) is 3.22. The van der Waals surface area contributed by atoms with E-state index in [0.717, 1.165) is 18.4 Å². The van der Waals surface area contributed by atoms with Crippen molar-refractivity contribution < 1.29 is 4.79 Å². The molecule has 0 heterocycles. The molecule has 0 saturated heterocycles. The van der Waals surface area contributed by atoms with Crippen LogP contribution in [0.1, 0.15) is 43.4 Å². The van der Waals surface area contributed by atoms with Gasteiger partial charge >= 0.3 is 0 Å². The van der Waals surface area contributed by atoms with Crippen molar-refractivity contribution in [2.24, 2.45) is 11.7 Å². The molecule has 1 aliphatic rings. The second-order valence-electron chi connectivity index (χ2n) is 5.23. The van der Waals surface area contributed by atoms with Gasteiger partial charge in [0.1, 0.15) is 0 Å². The number of hydrogen-bond acceptors (Lipinski definition) is 3. The highest BCUT2D eigenvalue weighted by molar-refractivity contribution is 5.77. The van der Waals surface area contributed by atoms with E-state index in [1.165, 1.54) is 0 Å². The standard InChI is InChI=1S/C15H19N3O/c1-10(12-4-2-11(9-16)3-5-12)18-15(19)8-14(17)13-6-7-13/h2-5,10,13-14H,6-8,17H2,1H3,(H,18,19). The molecule has 1 fully saturated rings. The Bertz CT molecular complexity index is 485. The zero-order chi connectivity index (χ0) is 13.8. The monoisotopic (exact) mass is 257 g/mol. The molecule has 0 spiro atoms. The fourth-order valence-corrected chi connectivity index (χ4v) is 2.14. The zero-order valence-electron chi connectivity index (χ0n) is 11.1. The molecule has 0 aliphatic heterocycles. The summed E-state index contributed by atoms with van der Waals surface area (Å²) in [6.07, 6.45) is 2.70. The van der Waals surface area contributed by atoms with Gasteiger partial charge < -0.3 is 11.1 Å². The summed E-state index contributed by atoms with van der Waals surface area (Å²) in [5, 5.41) is 11.7. The van der Waals surface area contributed by atoms with Crippen molar-refractivity contribution >= 4 is 5.91 Å². The number of carbonyl (C=O) groups is 1. The van der Waals surface area contributed by atoms with Gasteiger partial charge in [0.15, 0.2) is 0 Å². The highest BCUT2D eigenvalue weighted by Crippen LogP contribution is 2.32. The van der Waals surface area contributed by atoms with E-state index in [1.807, 2.05) is 19.1 Å². The van der Waals surface area contributed by atoms with E-state index in [9.17, 15) is 4.79 Å². The third-order valence-electron chi connectivity index (χ3n) is 3.57. The van der Waals surface area contributed by atoms with Gasteiger partial charge in [-0.15, -0.1) is 0 Å². The predicted molar refractivity (Wildman–Crippen MR) is 73.0 cm³/mol. The predicted octanol–water partition coefficient (Wildman–Crippen LogP) is 1.86. The number of amides is 1. The van der Waals surface area contributed by atoms with Crippen LogP contribution in [0.15, 0.2) is 24.3 Å². The number of hydrogen-bond donors (Lipinski definition) is 2. The molecular weight excluding hydrogens is 238 g/mol. The molecule has 0 radical (unpaired) electrons. The number of nitrogens with zero attached hydrogens (tertiary/aromatic N) is 1. The molecule has 1 amide bonds. The Kier molecular flexibility index (Phi) is 4.18. The van der Waals surface area contributed by atoms with Crippen molar-refractivity contribution in [2.45, 2.75) is 38.3 Å². The van der Waals surface area contributed by atoms with Crippen LogP contribution in [0.5, 0.6) is 0 Å². The third-order valence-corrected chi connectivity index (χ3v) is 3.57. The van der Waals surface area contributed by atoms with E-state index in [4.69, 9.17) is 11.0 Å². The van der Waals surface area contributed by atoms with Gasteiger partial charge in [0.05, 0.1) is 17.7 Å². The first-order chi connectivity index (χ1) is 9.10. The minimum absolute atomic E-state index is 0.00346. The number of carbonyl (C=O) groups excluding carboxylic acids is 1. The first-order valence-corrected chi connectivity index (χ1v) is 6.65. The van der Waals surface area contributed by atoms with E-state index in [1.54, 1.807) is 12.1 Å². The van der Waals surface area contributed by atoms with Crippen LogP contribution in [0, 0.1) is 17.2 Å². The molecule has 1 aromatic carbocycles. The van der Waals surface area contributed by atoms with Gasteiger partial charge in [-0.25, -0.2) is 0 Å². The maximum atomic E-state index is 11.8. The number of rotatable bonds is 5. The highest BCUT2D eigenvalue weighted by Gasteiger charge is 2.29. The Morgan fingerprint density at radius 2 is 2.11 bits per heavy atom. The number of benzene rings is 1. The lowest BCUT2D eigenvalue weighted by molar-refractivity contribution is -0.122. The molecule has 1 saturated carbocycles. The Morgan fingerprint density at radius 1 is 1.47 bits per heavy atom. The number of nitriles is 1. The van der Waals surface area contributed by atoms with Crippen LogP contribution in [0.25, 0.3) is 0 Å². The highest BCUT2D eigenvalue weighted by atomic mass is 16.1. The summed E-state index contributed by atoms with van der Waals surface area (Å²) in [6, 6.07) is 9.25. The van der Waals surface area contributed by atoms with E-state index >= 15 is 0 Å². The molecule has 2 atom stereocenters. The van der Waals surface area contributed by atoms with Gasteiger partial charge in [-0.2, -0.15) is 5.26 Å². The molecule has 0 aromatic heterocycles. The van der Waals surface area contributed by atoms with Gasteiger partial charge in [0.25, 0.3) is 0 Å². The Labute approximate surface area is 113 Å². The van der Waals surface area contributed by atoms with Crippen molar-refractivity contribution in [3.8, 4) is 6.07 Å². The molecule has 1 aromatic rings. The molecule has 2 rings (SSSR count). The molecule has 4 nitrogen and oxygen atoms in total. The Balaban J connectivity index is 1.86. The second kappa shape index (κ2) is 5.85. The lowest BCUT2D eigenvalue weighted by Crippen LogP contribution is -2.34. The first-order valence-electron chi connectivity index (χ1n) is 6.65. The lowest BCUT2D eigenvalue weighted by Gasteiger charge is -2.16. The van der Waals surface area contributed by atoms with Crippen LogP contribution in [0.2, 0.25) is 0 Å². The summed E-state index contributed by atoms with van der Waals surface area (Å²) >= 11 is 0. The topological polar surface area (TPSA) is 78.9 Å². The molecular formula is C15H19N3O.